The minimum atomic E-state index is -0.135. The molecule has 1 amide bonds. The van der Waals surface area contributed by atoms with Crippen LogP contribution in [0.1, 0.15) is 21.1 Å². The first-order valence-corrected chi connectivity index (χ1v) is 9.08. The SMILES string of the molecule is COc1ccc(CCNC(=O)c2cc(-c3csc(C)n3)c[nH]2)cc1OC. The van der Waals surface area contributed by atoms with E-state index in [4.69, 9.17) is 9.47 Å². The molecule has 6 nitrogen and oxygen atoms in total. The summed E-state index contributed by atoms with van der Waals surface area (Å²) in [5.74, 6) is 1.24. The van der Waals surface area contributed by atoms with E-state index in [1.54, 1.807) is 31.8 Å². The van der Waals surface area contributed by atoms with Gasteiger partial charge in [0.1, 0.15) is 5.69 Å². The second kappa shape index (κ2) is 8.05. The Balaban J connectivity index is 1.57. The molecule has 2 heterocycles. The molecule has 0 atom stereocenters. The fourth-order valence-corrected chi connectivity index (χ4v) is 3.24. The molecule has 0 radical (unpaired) electrons. The van der Waals surface area contributed by atoms with Crippen molar-refractivity contribution >= 4 is 17.2 Å². The summed E-state index contributed by atoms with van der Waals surface area (Å²) in [7, 11) is 3.21. The Kier molecular flexibility index (Phi) is 5.58. The van der Waals surface area contributed by atoms with Crippen LogP contribution in [-0.4, -0.2) is 36.6 Å². The van der Waals surface area contributed by atoms with Gasteiger partial charge in [-0.15, -0.1) is 11.3 Å². The van der Waals surface area contributed by atoms with Gasteiger partial charge < -0.3 is 19.8 Å². The molecule has 3 rings (SSSR count). The van der Waals surface area contributed by atoms with Crippen molar-refractivity contribution in [3.05, 3.63) is 52.1 Å². The van der Waals surface area contributed by atoms with E-state index in [0.717, 1.165) is 21.8 Å². The molecule has 0 aliphatic carbocycles. The third-order valence-corrected chi connectivity index (χ3v) is 4.76. The largest absolute Gasteiger partial charge is 0.493 e. The molecular formula is C19H21N3O3S. The third kappa shape index (κ3) is 4.05. The summed E-state index contributed by atoms with van der Waals surface area (Å²) in [4.78, 5) is 19.7. The van der Waals surface area contributed by atoms with Crippen LogP contribution < -0.4 is 14.8 Å². The van der Waals surface area contributed by atoms with Crippen molar-refractivity contribution in [3.8, 4) is 22.8 Å². The van der Waals surface area contributed by atoms with Crippen molar-refractivity contribution in [1.82, 2.24) is 15.3 Å². The van der Waals surface area contributed by atoms with E-state index in [1.165, 1.54) is 0 Å². The first-order chi connectivity index (χ1) is 12.6. The van der Waals surface area contributed by atoms with Gasteiger partial charge in [-0.25, -0.2) is 4.98 Å². The molecule has 0 bridgehead atoms. The maximum absolute atomic E-state index is 12.3. The number of thiazole rings is 1. The zero-order chi connectivity index (χ0) is 18.5. The van der Waals surface area contributed by atoms with Gasteiger partial charge in [-0.2, -0.15) is 0 Å². The molecule has 2 N–H and O–H groups in total. The van der Waals surface area contributed by atoms with Gasteiger partial charge in [-0.1, -0.05) is 6.07 Å². The van der Waals surface area contributed by atoms with E-state index in [-0.39, 0.29) is 5.91 Å². The van der Waals surface area contributed by atoms with Crippen molar-refractivity contribution in [2.45, 2.75) is 13.3 Å². The Bertz CT molecular complexity index is 901. The minimum Gasteiger partial charge on any atom is -0.493 e. The number of rotatable bonds is 7. The molecule has 0 aliphatic rings. The van der Waals surface area contributed by atoms with Crippen molar-refractivity contribution in [3.63, 3.8) is 0 Å². The van der Waals surface area contributed by atoms with Crippen LogP contribution in [0.3, 0.4) is 0 Å². The average molecular weight is 371 g/mol. The fourth-order valence-electron chi connectivity index (χ4n) is 2.62. The van der Waals surface area contributed by atoms with Gasteiger partial charge in [0, 0.05) is 23.7 Å². The molecule has 2 aromatic heterocycles. The van der Waals surface area contributed by atoms with Gasteiger partial charge in [0.2, 0.25) is 0 Å². The Hall–Kier alpha value is -2.80. The zero-order valence-electron chi connectivity index (χ0n) is 15.0. The molecule has 3 aromatic rings. The van der Waals surface area contributed by atoms with Crippen molar-refractivity contribution < 1.29 is 14.3 Å². The average Bonchev–Trinajstić information content (AvgIpc) is 3.30. The van der Waals surface area contributed by atoms with E-state index in [0.29, 0.717) is 30.2 Å². The van der Waals surface area contributed by atoms with Crippen LogP contribution in [0, 0.1) is 6.92 Å². The highest BCUT2D eigenvalue weighted by molar-refractivity contribution is 7.09. The number of carbonyl (C=O) groups is 1. The topological polar surface area (TPSA) is 76.2 Å². The lowest BCUT2D eigenvalue weighted by Gasteiger charge is -2.10. The number of amides is 1. The normalized spacial score (nSPS) is 10.6. The van der Waals surface area contributed by atoms with Crippen LogP contribution in [0.15, 0.2) is 35.8 Å². The summed E-state index contributed by atoms with van der Waals surface area (Å²) in [6.07, 6.45) is 2.50. The molecule has 0 aliphatic heterocycles. The van der Waals surface area contributed by atoms with Gasteiger partial charge in [0.15, 0.2) is 11.5 Å². The summed E-state index contributed by atoms with van der Waals surface area (Å²) in [6.45, 7) is 2.49. The second-order valence-electron chi connectivity index (χ2n) is 5.75. The Morgan fingerprint density at radius 1 is 1.23 bits per heavy atom. The maximum atomic E-state index is 12.3. The Labute approximate surface area is 156 Å². The smallest absolute Gasteiger partial charge is 0.267 e. The van der Waals surface area contributed by atoms with E-state index in [9.17, 15) is 4.79 Å². The second-order valence-corrected chi connectivity index (χ2v) is 6.81. The van der Waals surface area contributed by atoms with Crippen LogP contribution in [0.4, 0.5) is 0 Å². The lowest BCUT2D eigenvalue weighted by molar-refractivity contribution is 0.0950. The monoisotopic (exact) mass is 371 g/mol. The van der Waals surface area contributed by atoms with E-state index in [2.05, 4.69) is 15.3 Å². The number of methoxy groups -OCH3 is 2. The number of aromatic amines is 1. The number of aryl methyl sites for hydroxylation is 1. The molecule has 0 fully saturated rings. The van der Waals surface area contributed by atoms with Crippen molar-refractivity contribution in [2.75, 3.05) is 20.8 Å². The highest BCUT2D eigenvalue weighted by atomic mass is 32.1. The van der Waals surface area contributed by atoms with Gasteiger partial charge in [-0.3, -0.25) is 4.79 Å². The zero-order valence-corrected chi connectivity index (χ0v) is 15.8. The minimum absolute atomic E-state index is 0.135. The molecule has 7 heteroatoms. The molecule has 26 heavy (non-hydrogen) atoms. The molecule has 0 unspecified atom stereocenters. The number of hydrogen-bond acceptors (Lipinski definition) is 5. The van der Waals surface area contributed by atoms with Gasteiger partial charge in [0.25, 0.3) is 5.91 Å². The van der Waals surface area contributed by atoms with Crippen LogP contribution in [0.2, 0.25) is 0 Å². The third-order valence-electron chi connectivity index (χ3n) is 3.99. The highest BCUT2D eigenvalue weighted by Gasteiger charge is 2.11. The number of hydrogen-bond donors (Lipinski definition) is 2. The molecule has 136 valence electrons. The summed E-state index contributed by atoms with van der Waals surface area (Å²) in [5.41, 5.74) is 3.39. The lowest BCUT2D eigenvalue weighted by atomic mass is 10.1. The standard InChI is InChI=1S/C19H21N3O3S/c1-12-22-16(11-26-12)14-9-15(21-10-14)19(23)20-7-6-13-4-5-17(24-2)18(8-13)25-3/h4-5,8-11,21H,6-7H2,1-3H3,(H,20,23). The van der Waals surface area contributed by atoms with Gasteiger partial charge in [0.05, 0.1) is 24.9 Å². The molecule has 0 saturated heterocycles. The molecule has 1 aromatic carbocycles. The van der Waals surface area contributed by atoms with Crippen molar-refractivity contribution in [2.24, 2.45) is 0 Å². The predicted octanol–water partition coefficient (Wildman–Crippen LogP) is 3.44. The van der Waals surface area contributed by atoms with Crippen LogP contribution in [-0.2, 0) is 6.42 Å². The molecule has 0 saturated carbocycles. The number of nitrogens with one attached hydrogen (secondary N) is 2. The number of aromatic nitrogens is 2. The molecule has 0 spiro atoms. The summed E-state index contributed by atoms with van der Waals surface area (Å²) in [5, 5.41) is 5.91. The van der Waals surface area contributed by atoms with E-state index >= 15 is 0 Å². The van der Waals surface area contributed by atoms with E-state index < -0.39 is 0 Å². The number of ether oxygens (including phenoxy) is 2. The maximum Gasteiger partial charge on any atom is 0.267 e. The quantitative estimate of drug-likeness (QED) is 0.667. The van der Waals surface area contributed by atoms with Crippen molar-refractivity contribution in [1.29, 1.82) is 0 Å². The number of carbonyl (C=O) groups excluding carboxylic acids is 1. The summed E-state index contributed by atoms with van der Waals surface area (Å²) in [6, 6.07) is 7.57. The van der Waals surface area contributed by atoms with Crippen LogP contribution >= 0.6 is 11.3 Å². The fraction of sp³-hybridized carbons (Fsp3) is 0.263. The predicted molar refractivity (Wildman–Crippen MR) is 102 cm³/mol. The number of benzene rings is 1. The molecular weight excluding hydrogens is 350 g/mol. The van der Waals surface area contributed by atoms with E-state index in [1.807, 2.05) is 36.6 Å². The lowest BCUT2D eigenvalue weighted by Crippen LogP contribution is -2.25. The highest BCUT2D eigenvalue weighted by Crippen LogP contribution is 2.27. The summed E-state index contributed by atoms with van der Waals surface area (Å²) >= 11 is 1.59. The summed E-state index contributed by atoms with van der Waals surface area (Å²) < 4.78 is 10.5. The first-order valence-electron chi connectivity index (χ1n) is 8.20. The Morgan fingerprint density at radius 2 is 2.04 bits per heavy atom. The van der Waals surface area contributed by atoms with Crippen LogP contribution in [0.5, 0.6) is 11.5 Å². The Morgan fingerprint density at radius 3 is 2.73 bits per heavy atom. The number of H-pyrrole nitrogens is 1. The first kappa shape index (κ1) is 18.0. The van der Waals surface area contributed by atoms with Gasteiger partial charge in [-0.05, 0) is 37.1 Å². The van der Waals surface area contributed by atoms with Crippen LogP contribution in [0.25, 0.3) is 11.3 Å². The van der Waals surface area contributed by atoms with Gasteiger partial charge >= 0.3 is 0 Å². The number of nitrogens with zero attached hydrogens (tertiary/aromatic N) is 1.